The summed E-state index contributed by atoms with van der Waals surface area (Å²) in [5, 5.41) is 0. The van der Waals surface area contributed by atoms with E-state index in [1.165, 1.54) is 0 Å². The first kappa shape index (κ1) is 6.14. The lowest BCUT2D eigenvalue weighted by atomic mass is 10.0. The monoisotopic (exact) mass is 154 g/mol. The number of hydrogen-bond donors (Lipinski definition) is 0. The molecule has 0 N–H and O–H groups in total. The maximum atomic E-state index is 11.2. The number of ketones is 1. The Morgan fingerprint density at radius 2 is 2.18 bits per heavy atom. The number of hydrogen-bond acceptors (Lipinski definition) is 3. The molecule has 60 valence electrons. The van der Waals surface area contributed by atoms with Crippen molar-refractivity contribution in [2.45, 2.75) is 25.6 Å². The van der Waals surface area contributed by atoms with Gasteiger partial charge in [0.15, 0.2) is 0 Å². The highest BCUT2D eigenvalue weighted by Gasteiger charge is 2.68. The smallest absolute Gasteiger partial charge is 0.139 e. The first-order chi connectivity index (χ1) is 5.29. The molecule has 3 nitrogen and oxygen atoms in total. The molecule has 11 heavy (non-hydrogen) atoms. The number of rotatable bonds is 0. The maximum Gasteiger partial charge on any atom is 0.139 e. The Morgan fingerprint density at radius 1 is 1.36 bits per heavy atom. The zero-order chi connectivity index (χ0) is 7.59. The quantitative estimate of drug-likeness (QED) is 0.478. The average molecular weight is 154 g/mol. The average Bonchev–Trinajstić information content (AvgIpc) is 2.63. The lowest BCUT2D eigenvalue weighted by Crippen LogP contribution is -2.30. The van der Waals surface area contributed by atoms with E-state index in [-0.39, 0.29) is 18.1 Å². The van der Waals surface area contributed by atoms with Crippen molar-refractivity contribution in [3.05, 3.63) is 0 Å². The second kappa shape index (κ2) is 1.67. The van der Waals surface area contributed by atoms with Crippen LogP contribution in [0.2, 0.25) is 0 Å². The first-order valence-corrected chi connectivity index (χ1v) is 4.14. The summed E-state index contributed by atoms with van der Waals surface area (Å²) in [6.45, 7) is 1.98. The van der Waals surface area contributed by atoms with Crippen molar-refractivity contribution in [3.8, 4) is 0 Å². The van der Waals surface area contributed by atoms with E-state index in [0.29, 0.717) is 24.0 Å². The van der Waals surface area contributed by atoms with Crippen molar-refractivity contribution < 1.29 is 14.6 Å². The summed E-state index contributed by atoms with van der Waals surface area (Å²) in [5.74, 6) is 1.67. The molecule has 3 heteroatoms. The van der Waals surface area contributed by atoms with Crippen LogP contribution in [0.4, 0.5) is 0 Å². The highest BCUT2D eigenvalue weighted by molar-refractivity contribution is 5.88. The van der Waals surface area contributed by atoms with Crippen LogP contribution in [0.1, 0.15) is 13.3 Å². The Morgan fingerprint density at radius 3 is 2.91 bits per heavy atom. The summed E-state index contributed by atoms with van der Waals surface area (Å²) in [6, 6.07) is 0. The van der Waals surface area contributed by atoms with E-state index in [2.05, 4.69) is 0 Å². The number of carbonyl (C=O) groups is 1. The lowest BCUT2D eigenvalue weighted by molar-refractivity contribution is -0.372. The van der Waals surface area contributed by atoms with Crippen LogP contribution in [0.15, 0.2) is 0 Å². The number of carbonyl (C=O) groups excluding carboxylic acids is 1. The zero-order valence-electron chi connectivity index (χ0n) is 6.32. The van der Waals surface area contributed by atoms with Gasteiger partial charge < -0.3 is 0 Å². The first-order valence-electron chi connectivity index (χ1n) is 4.14. The Labute approximate surface area is 64.6 Å². The molecule has 5 atom stereocenters. The van der Waals surface area contributed by atoms with Gasteiger partial charge in [-0.3, -0.25) is 4.79 Å². The molecular formula is C8H10O3. The van der Waals surface area contributed by atoms with E-state index in [1.807, 2.05) is 6.92 Å². The van der Waals surface area contributed by atoms with E-state index in [1.54, 1.807) is 0 Å². The molecule has 2 aliphatic carbocycles. The summed E-state index contributed by atoms with van der Waals surface area (Å²) in [7, 11) is 0. The molecule has 3 aliphatic rings. The Balaban J connectivity index is 1.93. The second-order valence-corrected chi connectivity index (χ2v) is 3.79. The highest BCUT2D eigenvalue weighted by Crippen LogP contribution is 2.60. The molecule has 3 rings (SSSR count). The van der Waals surface area contributed by atoms with E-state index < -0.39 is 0 Å². The van der Waals surface area contributed by atoms with Crippen LogP contribution in [-0.2, 0) is 14.6 Å². The van der Waals surface area contributed by atoms with Gasteiger partial charge in [0.2, 0.25) is 0 Å². The van der Waals surface area contributed by atoms with Crippen LogP contribution in [0, 0.1) is 17.8 Å². The summed E-state index contributed by atoms with van der Waals surface area (Å²) in [5.41, 5.74) is 0. The summed E-state index contributed by atoms with van der Waals surface area (Å²) < 4.78 is 0. The molecule has 0 radical (unpaired) electrons. The summed E-state index contributed by atoms with van der Waals surface area (Å²) in [4.78, 5) is 21.4. The van der Waals surface area contributed by atoms with E-state index in [4.69, 9.17) is 9.78 Å². The fourth-order valence-corrected chi connectivity index (χ4v) is 2.66. The molecule has 0 aromatic heterocycles. The molecular weight excluding hydrogens is 144 g/mol. The fraction of sp³-hybridized carbons (Fsp3) is 0.875. The van der Waals surface area contributed by atoms with Gasteiger partial charge in [0.1, 0.15) is 11.9 Å². The van der Waals surface area contributed by atoms with Crippen LogP contribution in [0.25, 0.3) is 0 Å². The van der Waals surface area contributed by atoms with Gasteiger partial charge in [-0.25, -0.2) is 9.78 Å². The van der Waals surface area contributed by atoms with E-state index in [0.717, 1.165) is 0 Å². The van der Waals surface area contributed by atoms with Crippen LogP contribution >= 0.6 is 0 Å². The number of Topliss-reactive ketones (excluding diaryl/α,β-unsaturated/α-hetero) is 1. The van der Waals surface area contributed by atoms with Crippen molar-refractivity contribution in [1.29, 1.82) is 0 Å². The van der Waals surface area contributed by atoms with Gasteiger partial charge in [-0.2, -0.15) is 0 Å². The largest absolute Gasteiger partial charge is 0.299 e. The zero-order valence-corrected chi connectivity index (χ0v) is 6.32. The maximum absolute atomic E-state index is 11.2. The minimum atomic E-state index is 0.0914. The molecule has 3 fully saturated rings. The van der Waals surface area contributed by atoms with Crippen LogP contribution in [0.3, 0.4) is 0 Å². The normalized spacial score (nSPS) is 59.4. The van der Waals surface area contributed by atoms with Crippen molar-refractivity contribution >= 4 is 5.78 Å². The molecule has 0 amide bonds. The van der Waals surface area contributed by atoms with Gasteiger partial charge in [-0.1, -0.05) is 0 Å². The molecule has 2 saturated carbocycles. The number of fused-ring (bicyclic) bond motifs is 1. The minimum absolute atomic E-state index is 0.0914. The Bertz CT molecular complexity index is 221. The van der Waals surface area contributed by atoms with Crippen molar-refractivity contribution in [2.24, 2.45) is 17.8 Å². The standard InChI is InChI=1S/C8H10O3/c1-3-6-7-4(9)2-5(8(6)7)11-10-3/h3,5-8H,2H2,1H3/t3-,5+,6-,7?,8-/m1/s1. The van der Waals surface area contributed by atoms with Gasteiger partial charge in [0.05, 0.1) is 6.10 Å². The van der Waals surface area contributed by atoms with Gasteiger partial charge in [0, 0.05) is 24.2 Å². The van der Waals surface area contributed by atoms with Crippen LogP contribution in [-0.4, -0.2) is 18.0 Å². The van der Waals surface area contributed by atoms with Gasteiger partial charge in [0.25, 0.3) is 0 Å². The predicted molar refractivity (Wildman–Crippen MR) is 35.5 cm³/mol. The molecule has 1 aliphatic heterocycles. The molecule has 1 unspecified atom stereocenters. The molecule has 0 aromatic rings. The lowest BCUT2D eigenvalue weighted by Gasteiger charge is -2.24. The topological polar surface area (TPSA) is 35.5 Å². The Hall–Kier alpha value is -0.410. The fourth-order valence-electron chi connectivity index (χ4n) is 2.66. The van der Waals surface area contributed by atoms with Crippen molar-refractivity contribution in [3.63, 3.8) is 0 Å². The highest BCUT2D eigenvalue weighted by atomic mass is 17.2. The molecule has 1 heterocycles. The van der Waals surface area contributed by atoms with Gasteiger partial charge in [-0.05, 0) is 6.92 Å². The third kappa shape index (κ3) is 0.590. The van der Waals surface area contributed by atoms with E-state index >= 15 is 0 Å². The summed E-state index contributed by atoms with van der Waals surface area (Å²) >= 11 is 0. The molecule has 0 bridgehead atoms. The van der Waals surface area contributed by atoms with Crippen molar-refractivity contribution in [1.82, 2.24) is 0 Å². The SMILES string of the molecule is C[C@H]1OO[C@H]2CC(=O)C3[C@@H]1[C@H]32. The third-order valence-electron chi connectivity index (χ3n) is 3.21. The third-order valence-corrected chi connectivity index (χ3v) is 3.21. The Kier molecular flexibility index (Phi) is 0.932. The molecule has 0 spiro atoms. The van der Waals surface area contributed by atoms with E-state index in [9.17, 15) is 4.79 Å². The summed E-state index contributed by atoms with van der Waals surface area (Å²) in [6.07, 6.45) is 0.803. The van der Waals surface area contributed by atoms with Crippen LogP contribution in [0.5, 0.6) is 0 Å². The minimum Gasteiger partial charge on any atom is -0.299 e. The predicted octanol–water partition coefficient (Wildman–Crippen LogP) is 0.540. The van der Waals surface area contributed by atoms with Gasteiger partial charge >= 0.3 is 0 Å². The second-order valence-electron chi connectivity index (χ2n) is 3.79. The molecule has 1 saturated heterocycles. The van der Waals surface area contributed by atoms with Crippen LogP contribution < -0.4 is 0 Å². The molecule has 0 aromatic carbocycles. The van der Waals surface area contributed by atoms with Gasteiger partial charge in [-0.15, -0.1) is 0 Å². The van der Waals surface area contributed by atoms with Crippen molar-refractivity contribution in [2.75, 3.05) is 0 Å².